The lowest BCUT2D eigenvalue weighted by molar-refractivity contribution is -0.124. The Bertz CT molecular complexity index is 306. The van der Waals surface area contributed by atoms with Crippen molar-refractivity contribution in [3.63, 3.8) is 0 Å². The van der Waals surface area contributed by atoms with Gasteiger partial charge in [-0.1, -0.05) is 30.3 Å². The molecule has 0 spiro atoms. The minimum atomic E-state index is -2.92. The summed E-state index contributed by atoms with van der Waals surface area (Å²) in [5.74, 6) is -3.40. The van der Waals surface area contributed by atoms with Crippen LogP contribution in [0.3, 0.4) is 0 Å². The van der Waals surface area contributed by atoms with Gasteiger partial charge in [0.25, 0.3) is 5.92 Å². The molecule has 0 saturated carbocycles. The molecule has 76 valence electrons. The Balaban J connectivity index is 2.63. The molecule has 0 N–H and O–H groups in total. The van der Waals surface area contributed by atoms with E-state index in [4.69, 9.17) is 0 Å². The molecule has 1 aromatic rings. The van der Waals surface area contributed by atoms with Crippen LogP contribution in [0.4, 0.5) is 8.78 Å². The lowest BCUT2D eigenvalue weighted by atomic mass is 10.0. The van der Waals surface area contributed by atoms with Crippen LogP contribution in [0.2, 0.25) is 0 Å². The largest absolute Gasteiger partial charge is 0.300 e. The lowest BCUT2D eigenvalue weighted by Crippen LogP contribution is -2.22. The van der Waals surface area contributed by atoms with Crippen LogP contribution in [-0.2, 0) is 11.2 Å². The van der Waals surface area contributed by atoms with Gasteiger partial charge in [0.2, 0.25) is 0 Å². The molecule has 3 heteroatoms. The molecule has 1 rings (SSSR count). The molecule has 0 atom stereocenters. The Hall–Kier alpha value is -1.25. The van der Waals surface area contributed by atoms with Crippen LogP contribution in [-0.4, -0.2) is 11.7 Å². The minimum absolute atomic E-state index is 0.368. The summed E-state index contributed by atoms with van der Waals surface area (Å²) in [5, 5.41) is 0. The molecule has 0 saturated heterocycles. The van der Waals surface area contributed by atoms with Gasteiger partial charge in [0.1, 0.15) is 5.78 Å². The summed E-state index contributed by atoms with van der Waals surface area (Å²) < 4.78 is 26.3. The average molecular weight is 198 g/mol. The van der Waals surface area contributed by atoms with Crippen LogP contribution >= 0.6 is 0 Å². The van der Waals surface area contributed by atoms with Crippen LogP contribution in [0.15, 0.2) is 30.3 Å². The molecule has 0 aliphatic heterocycles. The van der Waals surface area contributed by atoms with Crippen molar-refractivity contribution in [2.24, 2.45) is 0 Å². The number of ketones is 1. The molecule has 0 fully saturated rings. The van der Waals surface area contributed by atoms with Gasteiger partial charge in [0.05, 0.1) is 6.42 Å². The van der Waals surface area contributed by atoms with Crippen molar-refractivity contribution in [2.75, 3.05) is 0 Å². The number of alkyl halides is 2. The molecule has 0 bridgehead atoms. The molecular weight excluding hydrogens is 186 g/mol. The smallest absolute Gasteiger partial charge is 0.258 e. The van der Waals surface area contributed by atoms with Crippen molar-refractivity contribution in [1.82, 2.24) is 0 Å². The van der Waals surface area contributed by atoms with Crippen molar-refractivity contribution in [2.45, 2.75) is 25.7 Å². The fraction of sp³-hybridized carbons (Fsp3) is 0.364. The maximum absolute atomic E-state index is 13.1. The van der Waals surface area contributed by atoms with E-state index in [0.717, 1.165) is 0 Å². The van der Waals surface area contributed by atoms with E-state index in [1.54, 1.807) is 30.3 Å². The Morgan fingerprint density at radius 3 is 2.36 bits per heavy atom. The van der Waals surface area contributed by atoms with Crippen molar-refractivity contribution in [3.8, 4) is 0 Å². The normalized spacial score (nSPS) is 11.4. The highest BCUT2D eigenvalue weighted by molar-refractivity contribution is 5.76. The molecular formula is C11H12F2O. The third-order valence-corrected chi connectivity index (χ3v) is 1.81. The highest BCUT2D eigenvalue weighted by Gasteiger charge is 2.30. The van der Waals surface area contributed by atoms with Crippen LogP contribution in [0.25, 0.3) is 0 Å². The molecule has 0 amide bonds. The van der Waals surface area contributed by atoms with Crippen LogP contribution in [0.5, 0.6) is 0 Å². The monoisotopic (exact) mass is 198 g/mol. The van der Waals surface area contributed by atoms with Crippen molar-refractivity contribution in [3.05, 3.63) is 35.9 Å². The zero-order valence-corrected chi connectivity index (χ0v) is 7.97. The summed E-state index contributed by atoms with van der Waals surface area (Å²) >= 11 is 0. The summed E-state index contributed by atoms with van der Waals surface area (Å²) in [4.78, 5) is 10.6. The third-order valence-electron chi connectivity index (χ3n) is 1.81. The summed E-state index contributed by atoms with van der Waals surface area (Å²) in [5.41, 5.74) is 0.554. The summed E-state index contributed by atoms with van der Waals surface area (Å²) in [6.07, 6.45) is -1.05. The zero-order chi connectivity index (χ0) is 10.6. The highest BCUT2D eigenvalue weighted by atomic mass is 19.3. The predicted molar refractivity (Wildman–Crippen MR) is 50.4 cm³/mol. The fourth-order valence-corrected chi connectivity index (χ4v) is 1.32. The number of hydrogen-bond acceptors (Lipinski definition) is 1. The van der Waals surface area contributed by atoms with Crippen molar-refractivity contribution >= 4 is 5.78 Å². The topological polar surface area (TPSA) is 17.1 Å². The van der Waals surface area contributed by atoms with Gasteiger partial charge in [-0.05, 0) is 12.5 Å². The van der Waals surface area contributed by atoms with E-state index in [0.29, 0.717) is 5.56 Å². The SMILES string of the molecule is CC(=O)CC(F)(F)Cc1ccccc1. The van der Waals surface area contributed by atoms with E-state index in [2.05, 4.69) is 0 Å². The van der Waals surface area contributed by atoms with Gasteiger partial charge in [0.15, 0.2) is 0 Å². The third kappa shape index (κ3) is 3.64. The molecule has 0 aromatic heterocycles. The molecule has 1 aromatic carbocycles. The van der Waals surface area contributed by atoms with Crippen molar-refractivity contribution in [1.29, 1.82) is 0 Å². The van der Waals surface area contributed by atoms with E-state index in [1.807, 2.05) is 0 Å². The van der Waals surface area contributed by atoms with Gasteiger partial charge in [-0.3, -0.25) is 4.79 Å². The molecule has 14 heavy (non-hydrogen) atoms. The van der Waals surface area contributed by atoms with Gasteiger partial charge >= 0.3 is 0 Å². The van der Waals surface area contributed by atoms with Crippen LogP contribution < -0.4 is 0 Å². The van der Waals surface area contributed by atoms with E-state index in [9.17, 15) is 13.6 Å². The molecule has 0 heterocycles. The number of halogens is 2. The first kappa shape index (κ1) is 10.8. The van der Waals surface area contributed by atoms with Gasteiger partial charge in [-0.25, -0.2) is 8.78 Å². The van der Waals surface area contributed by atoms with E-state index < -0.39 is 18.1 Å². The van der Waals surface area contributed by atoms with Crippen molar-refractivity contribution < 1.29 is 13.6 Å². The Morgan fingerprint density at radius 2 is 1.86 bits per heavy atom. The standard InChI is InChI=1S/C11H12F2O/c1-9(14)7-11(12,13)8-10-5-3-2-4-6-10/h2-6H,7-8H2,1H3. The molecule has 0 radical (unpaired) electrons. The number of benzene rings is 1. The van der Waals surface area contributed by atoms with Crippen LogP contribution in [0, 0.1) is 0 Å². The van der Waals surface area contributed by atoms with Gasteiger partial charge in [-0.15, -0.1) is 0 Å². The van der Waals surface area contributed by atoms with E-state index in [-0.39, 0.29) is 6.42 Å². The Morgan fingerprint density at radius 1 is 1.29 bits per heavy atom. The first-order chi connectivity index (χ1) is 6.49. The number of carbonyl (C=O) groups is 1. The summed E-state index contributed by atoms with van der Waals surface area (Å²) in [7, 11) is 0. The van der Waals surface area contributed by atoms with Gasteiger partial charge in [0, 0.05) is 6.42 Å². The molecule has 0 unspecified atom stereocenters. The number of carbonyl (C=O) groups excluding carboxylic acids is 1. The van der Waals surface area contributed by atoms with Gasteiger partial charge in [-0.2, -0.15) is 0 Å². The first-order valence-electron chi connectivity index (χ1n) is 4.41. The lowest BCUT2D eigenvalue weighted by Gasteiger charge is -2.14. The second-order valence-electron chi connectivity index (χ2n) is 3.40. The quantitative estimate of drug-likeness (QED) is 0.727. The molecule has 0 aliphatic carbocycles. The maximum atomic E-state index is 13.1. The van der Waals surface area contributed by atoms with Crippen LogP contribution in [0.1, 0.15) is 18.9 Å². The Kier molecular flexibility index (Phi) is 3.33. The average Bonchev–Trinajstić information content (AvgIpc) is 2.02. The minimum Gasteiger partial charge on any atom is -0.300 e. The second-order valence-corrected chi connectivity index (χ2v) is 3.40. The second kappa shape index (κ2) is 4.31. The number of Topliss-reactive ketones (excluding diaryl/α,β-unsaturated/α-hetero) is 1. The highest BCUT2D eigenvalue weighted by Crippen LogP contribution is 2.23. The predicted octanol–water partition coefficient (Wildman–Crippen LogP) is 2.84. The fourth-order valence-electron chi connectivity index (χ4n) is 1.32. The molecule has 1 nitrogen and oxygen atoms in total. The van der Waals surface area contributed by atoms with E-state index >= 15 is 0 Å². The summed E-state index contributed by atoms with van der Waals surface area (Å²) in [6, 6.07) is 8.45. The van der Waals surface area contributed by atoms with Gasteiger partial charge < -0.3 is 0 Å². The maximum Gasteiger partial charge on any atom is 0.258 e. The van der Waals surface area contributed by atoms with E-state index in [1.165, 1.54) is 6.92 Å². The zero-order valence-electron chi connectivity index (χ0n) is 7.97. The summed E-state index contributed by atoms with van der Waals surface area (Å²) in [6.45, 7) is 1.18. The molecule has 0 aliphatic rings. The first-order valence-corrected chi connectivity index (χ1v) is 4.41. The number of rotatable bonds is 4. The number of hydrogen-bond donors (Lipinski definition) is 0. The Labute approximate surface area is 81.7 Å².